The Hall–Kier alpha value is -2.53. The fourth-order valence-electron chi connectivity index (χ4n) is 14.8. The summed E-state index contributed by atoms with van der Waals surface area (Å²) < 4.78 is 35.0. The zero-order valence-corrected chi connectivity index (χ0v) is 64.9. The van der Waals surface area contributed by atoms with E-state index in [1.54, 1.807) is 0 Å². The van der Waals surface area contributed by atoms with Crippen molar-refractivity contribution in [2.45, 2.75) is 458 Å². The van der Waals surface area contributed by atoms with Crippen molar-refractivity contribution in [2.24, 2.45) is 0 Å². The van der Waals surface area contributed by atoms with Gasteiger partial charge in [-0.05, 0) is 38.5 Å². The number of allylic oxidation sites excluding steroid dienone is 2. The number of aliphatic hydroxyl groups excluding tert-OH is 11. The van der Waals surface area contributed by atoms with Gasteiger partial charge in [-0.25, -0.2) is 4.79 Å². The molecule has 14 N–H and O–H groups in total. The topological polar surface area (TPSA) is 373 Å². The number of nitrogens with one attached hydrogen (secondary N) is 2. The molecule has 23 nitrogen and oxygen atoms in total. The molecule has 0 aromatic rings. The number of aliphatic carboxylic acids is 1. The van der Waals surface area contributed by atoms with Crippen LogP contribution in [0.4, 0.5) is 0 Å². The van der Waals surface area contributed by atoms with E-state index in [1.807, 2.05) is 0 Å². The number of carbonyl (C=O) groups is 3. The second-order valence-corrected chi connectivity index (χ2v) is 30.7. The second-order valence-electron chi connectivity index (χ2n) is 30.7. The zero-order valence-electron chi connectivity index (χ0n) is 64.9. The lowest BCUT2D eigenvalue weighted by molar-refractivity contribution is -0.386. The van der Waals surface area contributed by atoms with E-state index in [1.165, 1.54) is 244 Å². The predicted octanol–water partition coefficient (Wildman–Crippen LogP) is 11.7. The van der Waals surface area contributed by atoms with Gasteiger partial charge in [0.25, 0.3) is 5.79 Å². The number of carbonyl (C=O) groups excluding carboxylic acids is 2. The zero-order chi connectivity index (χ0) is 76.0. The summed E-state index contributed by atoms with van der Waals surface area (Å²) in [5.41, 5.74) is 0. The number of unbranched alkanes of at least 4 members (excludes halogenated alkanes) is 45. The summed E-state index contributed by atoms with van der Waals surface area (Å²) in [6.07, 6.45) is 36.6. The van der Waals surface area contributed by atoms with E-state index in [0.717, 1.165) is 58.3 Å². The van der Waals surface area contributed by atoms with Gasteiger partial charge in [-0.3, -0.25) is 9.59 Å². The van der Waals surface area contributed by atoms with Gasteiger partial charge in [0.1, 0.15) is 67.1 Å². The molecule has 3 heterocycles. The van der Waals surface area contributed by atoms with Gasteiger partial charge in [0.15, 0.2) is 12.6 Å². The standard InChI is InChI=1S/C81H152N2O21/c1-4-6-8-10-12-14-16-18-20-21-22-23-24-25-26-27-28-29-30-31-32-33-34-35-36-37-38-39-41-43-45-47-49-51-53-55-68(91)83-62(63(88)54-52-50-48-46-44-42-40-19-17-15-13-11-9-7-5-2)60-99-78-73(95)72(94)75(67(59-86)101-78)102-79-74(96)77(71(93)66(58-85)100-79)104-81(80(97)98)56-64(89)69(82-61(3)87)76(103-81)70(92)65(90)57-84/h27-28,62-67,69-79,84-86,88-90,92-96H,4-26,29-60H2,1-3H3,(H,82,87)(H,83,91)(H,97,98)/b28-27-. The lowest BCUT2D eigenvalue weighted by atomic mass is 9.88. The van der Waals surface area contributed by atoms with Gasteiger partial charge in [0, 0.05) is 19.8 Å². The number of rotatable bonds is 67. The van der Waals surface area contributed by atoms with Gasteiger partial charge in [-0.1, -0.05) is 302 Å². The molecule has 0 aromatic heterocycles. The number of amides is 2. The smallest absolute Gasteiger partial charge is 0.364 e. The van der Waals surface area contributed by atoms with Gasteiger partial charge < -0.3 is 100 Å². The second kappa shape index (κ2) is 60.2. The van der Waals surface area contributed by atoms with Gasteiger partial charge >= 0.3 is 5.97 Å². The van der Waals surface area contributed by atoms with Gasteiger partial charge in [-0.15, -0.1) is 0 Å². The molecule has 3 aliphatic rings. The predicted molar refractivity (Wildman–Crippen MR) is 403 cm³/mol. The van der Waals surface area contributed by atoms with Crippen LogP contribution in [0.25, 0.3) is 0 Å². The summed E-state index contributed by atoms with van der Waals surface area (Å²) in [6, 6.07) is -2.53. The van der Waals surface area contributed by atoms with Crippen LogP contribution in [-0.2, 0) is 42.8 Å². The first-order valence-corrected chi connectivity index (χ1v) is 42.0. The molecule has 104 heavy (non-hydrogen) atoms. The normalized spacial score (nSPS) is 26.4. The molecular weight excluding hydrogens is 1340 g/mol. The van der Waals surface area contributed by atoms with Crippen molar-refractivity contribution in [2.75, 3.05) is 26.4 Å². The Bertz CT molecular complexity index is 2120. The average molecular weight is 1490 g/mol. The molecule has 0 radical (unpaired) electrons. The maximum absolute atomic E-state index is 13.6. The highest BCUT2D eigenvalue weighted by Gasteiger charge is 2.60. The SMILES string of the molecule is CCCCCCCCCCCCCCCC/C=C\CCCCCCCCCCCCCCCCCCCC(=O)NC(COC1OC(CO)C(OC2OC(CO)C(O)C(OC3(C(=O)O)CC(O)C(NC(C)=O)C(C(O)C(O)CO)O3)C2O)C(O)C1O)C(O)CCCCCCCCCCCCCCCCC. The molecule has 0 spiro atoms. The number of carboxylic acid groups (broad SMARTS) is 1. The van der Waals surface area contributed by atoms with E-state index < -0.39 is 148 Å². The Balaban J connectivity index is 1.42. The van der Waals surface area contributed by atoms with Crippen LogP contribution in [0.2, 0.25) is 0 Å². The quantitative estimate of drug-likeness (QED) is 0.0199. The third-order valence-electron chi connectivity index (χ3n) is 21.5. The van der Waals surface area contributed by atoms with Crippen molar-refractivity contribution in [3.05, 3.63) is 12.2 Å². The average Bonchev–Trinajstić information content (AvgIpc) is 0.754. The van der Waals surface area contributed by atoms with Gasteiger partial charge in [0.2, 0.25) is 11.8 Å². The van der Waals surface area contributed by atoms with Gasteiger partial charge in [-0.2, -0.15) is 0 Å². The van der Waals surface area contributed by atoms with Crippen LogP contribution in [0.1, 0.15) is 348 Å². The molecule has 18 unspecified atom stereocenters. The molecule has 0 aliphatic carbocycles. The van der Waals surface area contributed by atoms with Crippen LogP contribution in [0, 0.1) is 0 Å². The maximum Gasteiger partial charge on any atom is 0.364 e. The van der Waals surface area contributed by atoms with E-state index in [9.17, 15) is 75.7 Å². The molecule has 18 atom stereocenters. The summed E-state index contributed by atoms with van der Waals surface area (Å²) in [6.45, 7) is 2.25. The fourth-order valence-corrected chi connectivity index (χ4v) is 14.8. The highest BCUT2D eigenvalue weighted by molar-refractivity contribution is 5.77. The molecule has 23 heteroatoms. The molecule has 3 aliphatic heterocycles. The molecule has 3 fully saturated rings. The number of hydrogen-bond acceptors (Lipinski definition) is 20. The molecule has 0 saturated carbocycles. The summed E-state index contributed by atoms with van der Waals surface area (Å²) in [4.78, 5) is 38.7. The minimum absolute atomic E-state index is 0.227. The number of ether oxygens (including phenoxy) is 6. The van der Waals surface area contributed by atoms with Gasteiger partial charge in [0.05, 0.1) is 50.7 Å². The first-order valence-electron chi connectivity index (χ1n) is 42.0. The summed E-state index contributed by atoms with van der Waals surface area (Å²) in [7, 11) is 0. The van der Waals surface area contributed by atoms with Crippen molar-refractivity contribution in [3.63, 3.8) is 0 Å². The molecule has 0 bridgehead atoms. The van der Waals surface area contributed by atoms with E-state index in [-0.39, 0.29) is 18.9 Å². The fraction of sp³-hybridized carbons (Fsp3) is 0.938. The largest absolute Gasteiger partial charge is 0.477 e. The van der Waals surface area contributed by atoms with E-state index in [0.29, 0.717) is 19.3 Å². The monoisotopic (exact) mass is 1490 g/mol. The third kappa shape index (κ3) is 39.9. The lowest BCUT2D eigenvalue weighted by Crippen LogP contribution is -2.70. The minimum Gasteiger partial charge on any atom is -0.477 e. The summed E-state index contributed by atoms with van der Waals surface area (Å²) >= 11 is 0. The van der Waals surface area contributed by atoms with E-state index in [2.05, 4.69) is 36.6 Å². The molecule has 3 saturated heterocycles. The molecule has 3 rings (SSSR count). The Morgan fingerprint density at radius 1 is 0.490 bits per heavy atom. The van der Waals surface area contributed by atoms with Crippen LogP contribution in [0.5, 0.6) is 0 Å². The maximum atomic E-state index is 13.6. The first-order chi connectivity index (χ1) is 50.4. The molecule has 2 amide bonds. The Labute approximate surface area is 626 Å². The number of hydrogen-bond donors (Lipinski definition) is 14. The van der Waals surface area contributed by atoms with Crippen LogP contribution < -0.4 is 10.6 Å². The van der Waals surface area contributed by atoms with E-state index in [4.69, 9.17) is 28.4 Å². The molecular formula is C81H152N2O21. The van der Waals surface area contributed by atoms with Crippen LogP contribution in [0.15, 0.2) is 12.2 Å². The Morgan fingerprint density at radius 2 is 0.894 bits per heavy atom. The van der Waals surface area contributed by atoms with Crippen molar-refractivity contribution < 1.29 is 104 Å². The van der Waals surface area contributed by atoms with Crippen molar-refractivity contribution in [1.29, 1.82) is 0 Å². The molecule has 612 valence electrons. The van der Waals surface area contributed by atoms with Crippen LogP contribution >= 0.6 is 0 Å². The summed E-state index contributed by atoms with van der Waals surface area (Å²) in [5.74, 6) is -6.09. The highest BCUT2D eigenvalue weighted by atomic mass is 16.8. The van der Waals surface area contributed by atoms with Crippen LogP contribution in [0.3, 0.4) is 0 Å². The van der Waals surface area contributed by atoms with Crippen molar-refractivity contribution in [3.8, 4) is 0 Å². The lowest BCUT2D eigenvalue weighted by Gasteiger charge is -2.50. The minimum atomic E-state index is -3.08. The van der Waals surface area contributed by atoms with E-state index >= 15 is 0 Å². The molecule has 0 aromatic carbocycles. The summed E-state index contributed by atoms with van der Waals surface area (Å²) in [5, 5.41) is 136. The van der Waals surface area contributed by atoms with Crippen LogP contribution in [-0.4, -0.2) is 215 Å². The number of carboxylic acids is 1. The third-order valence-corrected chi connectivity index (χ3v) is 21.5. The Kier molecular flexibility index (Phi) is 55.4. The highest BCUT2D eigenvalue weighted by Crippen LogP contribution is 2.39. The number of aliphatic hydroxyl groups is 11. The van der Waals surface area contributed by atoms with Crippen molar-refractivity contribution in [1.82, 2.24) is 10.6 Å². The first kappa shape index (κ1) is 95.7. The Morgan fingerprint density at radius 3 is 1.30 bits per heavy atom. The van der Waals surface area contributed by atoms with Crippen molar-refractivity contribution >= 4 is 17.8 Å².